The van der Waals surface area contributed by atoms with Crippen molar-refractivity contribution in [2.45, 2.75) is 6.42 Å². The van der Waals surface area contributed by atoms with Gasteiger partial charge in [-0.1, -0.05) is 5.92 Å². The van der Waals surface area contributed by atoms with Gasteiger partial charge in [0.2, 0.25) is 0 Å². The molecule has 0 amide bonds. The number of carbonyl (C=O) groups is 1. The van der Waals surface area contributed by atoms with Crippen molar-refractivity contribution in [1.82, 2.24) is 9.80 Å². The zero-order valence-corrected chi connectivity index (χ0v) is 15.6. The minimum absolute atomic E-state index is 0.0189. The molecule has 1 aliphatic rings. The fourth-order valence-electron chi connectivity index (χ4n) is 2.42. The summed E-state index contributed by atoms with van der Waals surface area (Å²) in [5.74, 6) is 1.83. The van der Waals surface area contributed by atoms with Gasteiger partial charge in [-0.25, -0.2) is 0 Å². The molecule has 1 N–H and O–H groups in total. The van der Waals surface area contributed by atoms with E-state index in [9.17, 15) is 4.79 Å². The molecule has 8 nitrogen and oxygen atoms in total. The van der Waals surface area contributed by atoms with Crippen LogP contribution in [0.2, 0.25) is 0 Å². The molecular formula is C18H32N2O6. The molecule has 0 radical (unpaired) electrons. The summed E-state index contributed by atoms with van der Waals surface area (Å²) in [6.07, 6.45) is 5.34. The molecule has 1 saturated heterocycles. The van der Waals surface area contributed by atoms with Gasteiger partial charge in [-0.3, -0.25) is 14.6 Å². The van der Waals surface area contributed by atoms with Crippen LogP contribution in [-0.4, -0.2) is 113 Å². The van der Waals surface area contributed by atoms with Crippen LogP contribution in [0.3, 0.4) is 0 Å². The van der Waals surface area contributed by atoms with E-state index < -0.39 is 5.97 Å². The summed E-state index contributed by atoms with van der Waals surface area (Å²) in [4.78, 5) is 14.9. The smallest absolute Gasteiger partial charge is 0.305 e. The normalized spacial score (nSPS) is 15.8. The second kappa shape index (κ2) is 16.0. The predicted octanol–water partition coefficient (Wildman–Crippen LogP) is -0.222. The first-order chi connectivity index (χ1) is 12.7. The molecule has 8 heteroatoms. The first-order valence-electron chi connectivity index (χ1n) is 9.13. The Bertz CT molecular complexity index is 394. The van der Waals surface area contributed by atoms with Gasteiger partial charge in [0.15, 0.2) is 0 Å². The van der Waals surface area contributed by atoms with Gasteiger partial charge in [-0.05, 0) is 0 Å². The molecule has 0 bridgehead atoms. The minimum atomic E-state index is -0.857. The van der Waals surface area contributed by atoms with Crippen LogP contribution in [0, 0.1) is 12.3 Å². The Kier molecular flexibility index (Phi) is 14.0. The molecule has 150 valence electrons. The molecule has 0 spiro atoms. The molecule has 0 aromatic heterocycles. The van der Waals surface area contributed by atoms with Crippen molar-refractivity contribution < 1.29 is 28.8 Å². The largest absolute Gasteiger partial charge is 0.481 e. The Morgan fingerprint density at radius 3 is 1.77 bits per heavy atom. The molecule has 0 aliphatic carbocycles. The highest BCUT2D eigenvalue weighted by atomic mass is 16.6. The molecule has 0 unspecified atom stereocenters. The lowest BCUT2D eigenvalue weighted by molar-refractivity contribution is -0.138. The Balaban J connectivity index is 1.75. The van der Waals surface area contributed by atoms with Crippen LogP contribution < -0.4 is 0 Å². The van der Waals surface area contributed by atoms with Crippen molar-refractivity contribution in [3.05, 3.63) is 0 Å². The number of ether oxygens (including phenoxy) is 4. The Hall–Kier alpha value is -1.21. The predicted molar refractivity (Wildman–Crippen MR) is 97.2 cm³/mol. The topological polar surface area (TPSA) is 80.7 Å². The summed E-state index contributed by atoms with van der Waals surface area (Å²) in [6, 6.07) is 0. The maximum Gasteiger partial charge on any atom is 0.305 e. The molecule has 1 aliphatic heterocycles. The van der Waals surface area contributed by atoms with Gasteiger partial charge < -0.3 is 24.1 Å². The fraction of sp³-hybridized carbons (Fsp3) is 0.833. The van der Waals surface area contributed by atoms with Gasteiger partial charge in [0, 0.05) is 32.7 Å². The van der Waals surface area contributed by atoms with Gasteiger partial charge in [-0.2, -0.15) is 0 Å². The standard InChI is InChI=1S/C18H32N2O6/c1-2-4-19-5-7-20(8-6-19)9-11-24-13-15-26-17-16-25-14-12-23-10-3-18(21)22/h1H,3-17H2,(H,21,22). The second-order valence-electron chi connectivity index (χ2n) is 5.92. The van der Waals surface area contributed by atoms with Gasteiger partial charge in [0.25, 0.3) is 0 Å². The van der Waals surface area contributed by atoms with Crippen molar-refractivity contribution in [3.8, 4) is 12.3 Å². The van der Waals surface area contributed by atoms with Crippen LogP contribution >= 0.6 is 0 Å². The van der Waals surface area contributed by atoms with Crippen LogP contribution in [0.4, 0.5) is 0 Å². The Morgan fingerprint density at radius 2 is 1.27 bits per heavy atom. The summed E-state index contributed by atoms with van der Waals surface area (Å²) in [5.41, 5.74) is 0. The second-order valence-corrected chi connectivity index (χ2v) is 5.92. The molecule has 0 atom stereocenters. The first kappa shape index (κ1) is 22.8. The summed E-state index contributed by atoms with van der Waals surface area (Å²) in [6.45, 7) is 9.70. The monoisotopic (exact) mass is 372 g/mol. The SMILES string of the molecule is C#CCN1CCN(CCOCCOCCOCCOCCC(=O)O)CC1. The van der Waals surface area contributed by atoms with E-state index in [4.69, 9.17) is 30.5 Å². The number of piperazine rings is 1. The lowest BCUT2D eigenvalue weighted by atomic mass is 10.3. The summed E-state index contributed by atoms with van der Waals surface area (Å²) in [5, 5.41) is 8.44. The summed E-state index contributed by atoms with van der Waals surface area (Å²) >= 11 is 0. The highest BCUT2D eigenvalue weighted by Gasteiger charge is 2.15. The Morgan fingerprint density at radius 1 is 0.808 bits per heavy atom. The average Bonchev–Trinajstić information content (AvgIpc) is 2.63. The molecule has 0 saturated carbocycles. The summed E-state index contributed by atoms with van der Waals surface area (Å²) in [7, 11) is 0. The molecule has 26 heavy (non-hydrogen) atoms. The van der Waals surface area contributed by atoms with Crippen molar-refractivity contribution in [2.24, 2.45) is 0 Å². The van der Waals surface area contributed by atoms with Crippen LogP contribution in [0.15, 0.2) is 0 Å². The lowest BCUT2D eigenvalue weighted by Crippen LogP contribution is -2.47. The number of aliphatic carboxylic acids is 1. The quantitative estimate of drug-likeness (QED) is 0.294. The van der Waals surface area contributed by atoms with Crippen molar-refractivity contribution in [3.63, 3.8) is 0 Å². The van der Waals surface area contributed by atoms with E-state index in [0.29, 0.717) is 46.2 Å². The number of rotatable bonds is 16. The van der Waals surface area contributed by atoms with Gasteiger partial charge >= 0.3 is 5.97 Å². The van der Waals surface area contributed by atoms with Crippen molar-refractivity contribution >= 4 is 5.97 Å². The van der Waals surface area contributed by atoms with E-state index in [-0.39, 0.29) is 13.0 Å². The maximum atomic E-state index is 10.3. The molecule has 1 heterocycles. The van der Waals surface area contributed by atoms with E-state index in [0.717, 1.165) is 39.3 Å². The van der Waals surface area contributed by atoms with E-state index >= 15 is 0 Å². The number of hydrogen-bond acceptors (Lipinski definition) is 7. The third kappa shape index (κ3) is 13.1. The summed E-state index contributed by atoms with van der Waals surface area (Å²) < 4.78 is 21.4. The Labute approximate surface area is 156 Å². The minimum Gasteiger partial charge on any atom is -0.481 e. The number of carboxylic acid groups (broad SMARTS) is 1. The van der Waals surface area contributed by atoms with Crippen molar-refractivity contribution in [1.29, 1.82) is 0 Å². The van der Waals surface area contributed by atoms with Crippen LogP contribution in [0.1, 0.15) is 6.42 Å². The molecule has 1 rings (SSSR count). The molecule has 0 aromatic rings. The fourth-order valence-corrected chi connectivity index (χ4v) is 2.42. The molecule has 0 aromatic carbocycles. The third-order valence-electron chi connectivity index (χ3n) is 3.91. The van der Waals surface area contributed by atoms with E-state index in [1.807, 2.05) is 0 Å². The number of hydrogen-bond donors (Lipinski definition) is 1. The van der Waals surface area contributed by atoms with Gasteiger partial charge in [0.1, 0.15) is 0 Å². The highest BCUT2D eigenvalue weighted by molar-refractivity contribution is 5.66. The molecular weight excluding hydrogens is 340 g/mol. The maximum absolute atomic E-state index is 10.3. The number of nitrogens with zero attached hydrogens (tertiary/aromatic N) is 2. The zero-order chi connectivity index (χ0) is 18.9. The van der Waals surface area contributed by atoms with Crippen LogP contribution in [0.5, 0.6) is 0 Å². The van der Waals surface area contributed by atoms with E-state index in [2.05, 4.69) is 15.7 Å². The lowest BCUT2D eigenvalue weighted by Gasteiger charge is -2.33. The highest BCUT2D eigenvalue weighted by Crippen LogP contribution is 2.00. The van der Waals surface area contributed by atoms with Crippen molar-refractivity contribution in [2.75, 3.05) is 92.1 Å². The van der Waals surface area contributed by atoms with Crippen LogP contribution in [0.25, 0.3) is 0 Å². The van der Waals surface area contributed by atoms with E-state index in [1.165, 1.54) is 0 Å². The van der Waals surface area contributed by atoms with Gasteiger partial charge in [0.05, 0.1) is 65.8 Å². The first-order valence-corrected chi connectivity index (χ1v) is 9.13. The van der Waals surface area contributed by atoms with Gasteiger partial charge in [-0.15, -0.1) is 6.42 Å². The zero-order valence-electron chi connectivity index (χ0n) is 15.6. The average molecular weight is 372 g/mol. The third-order valence-corrected chi connectivity index (χ3v) is 3.91. The number of terminal acetylenes is 1. The van der Waals surface area contributed by atoms with E-state index in [1.54, 1.807) is 0 Å². The molecule has 1 fully saturated rings. The van der Waals surface area contributed by atoms with Crippen LogP contribution in [-0.2, 0) is 23.7 Å². The number of carboxylic acids is 1.